The molecule has 0 aliphatic heterocycles. The topological polar surface area (TPSA) is 61.8 Å². The first-order valence-electron chi connectivity index (χ1n) is 5.12. The SMILES string of the molecule is CN(CCCNOC(C)(C)C)CC(=O)O. The normalized spacial score (nSPS) is 12.1. The summed E-state index contributed by atoms with van der Waals surface area (Å²) in [4.78, 5) is 17.4. The summed E-state index contributed by atoms with van der Waals surface area (Å²) >= 11 is 0. The van der Waals surface area contributed by atoms with Gasteiger partial charge in [-0.3, -0.25) is 14.5 Å². The number of likely N-dealkylation sites (N-methyl/N-ethyl adjacent to an activating group) is 1. The average molecular weight is 218 g/mol. The maximum Gasteiger partial charge on any atom is 0.317 e. The molecule has 0 atom stereocenters. The fourth-order valence-electron chi connectivity index (χ4n) is 0.999. The molecule has 90 valence electrons. The summed E-state index contributed by atoms with van der Waals surface area (Å²) in [6.07, 6.45) is 0.861. The van der Waals surface area contributed by atoms with E-state index in [0.717, 1.165) is 19.5 Å². The van der Waals surface area contributed by atoms with Crippen LogP contribution >= 0.6 is 0 Å². The van der Waals surface area contributed by atoms with E-state index in [-0.39, 0.29) is 12.1 Å². The minimum Gasteiger partial charge on any atom is -0.480 e. The van der Waals surface area contributed by atoms with Crippen LogP contribution in [0.4, 0.5) is 0 Å². The Morgan fingerprint density at radius 1 is 1.47 bits per heavy atom. The summed E-state index contributed by atoms with van der Waals surface area (Å²) in [5.74, 6) is -0.795. The van der Waals surface area contributed by atoms with Gasteiger partial charge in [0.15, 0.2) is 0 Å². The van der Waals surface area contributed by atoms with Crippen molar-refractivity contribution in [2.24, 2.45) is 0 Å². The highest BCUT2D eigenvalue weighted by atomic mass is 16.7. The molecule has 0 radical (unpaired) electrons. The Hall–Kier alpha value is -0.650. The van der Waals surface area contributed by atoms with Gasteiger partial charge in [0.1, 0.15) is 0 Å². The number of hydrogen-bond donors (Lipinski definition) is 2. The van der Waals surface area contributed by atoms with Gasteiger partial charge in [0, 0.05) is 6.54 Å². The van der Waals surface area contributed by atoms with E-state index in [9.17, 15) is 4.79 Å². The summed E-state index contributed by atoms with van der Waals surface area (Å²) in [7, 11) is 1.79. The van der Waals surface area contributed by atoms with E-state index < -0.39 is 5.97 Å². The van der Waals surface area contributed by atoms with Gasteiger partial charge in [-0.05, 0) is 40.8 Å². The minimum atomic E-state index is -0.795. The number of hydrogen-bond acceptors (Lipinski definition) is 4. The van der Waals surface area contributed by atoms with Crippen molar-refractivity contribution in [3.05, 3.63) is 0 Å². The molecule has 0 aromatic carbocycles. The van der Waals surface area contributed by atoms with Gasteiger partial charge in [0.25, 0.3) is 0 Å². The number of carboxylic acids is 1. The largest absolute Gasteiger partial charge is 0.480 e. The van der Waals surface area contributed by atoms with Gasteiger partial charge in [-0.15, -0.1) is 0 Å². The quantitative estimate of drug-likeness (QED) is 0.487. The van der Waals surface area contributed by atoms with Gasteiger partial charge in [-0.1, -0.05) is 0 Å². The van der Waals surface area contributed by atoms with E-state index in [1.54, 1.807) is 11.9 Å². The third kappa shape index (κ3) is 11.3. The highest BCUT2D eigenvalue weighted by Crippen LogP contribution is 2.03. The third-order valence-electron chi connectivity index (χ3n) is 1.60. The van der Waals surface area contributed by atoms with Crippen molar-refractivity contribution in [1.29, 1.82) is 0 Å². The number of rotatable bonds is 7. The van der Waals surface area contributed by atoms with E-state index in [0.29, 0.717) is 0 Å². The maximum atomic E-state index is 10.3. The molecule has 0 bridgehead atoms. The van der Waals surface area contributed by atoms with Crippen molar-refractivity contribution in [2.75, 3.05) is 26.7 Å². The zero-order valence-electron chi connectivity index (χ0n) is 10.0. The second-order valence-electron chi connectivity index (χ2n) is 4.59. The molecule has 5 nitrogen and oxygen atoms in total. The van der Waals surface area contributed by atoms with Crippen molar-refractivity contribution < 1.29 is 14.7 Å². The van der Waals surface area contributed by atoms with Crippen LogP contribution in [0.25, 0.3) is 0 Å². The summed E-state index contributed by atoms with van der Waals surface area (Å²) in [5.41, 5.74) is 2.67. The molecule has 0 unspecified atom stereocenters. The van der Waals surface area contributed by atoms with Crippen molar-refractivity contribution in [1.82, 2.24) is 10.4 Å². The molecular weight excluding hydrogens is 196 g/mol. The summed E-state index contributed by atoms with van der Waals surface area (Å²) in [6, 6.07) is 0. The number of carbonyl (C=O) groups is 1. The van der Waals surface area contributed by atoms with Gasteiger partial charge in [0.05, 0.1) is 12.1 Å². The Kier molecular flexibility index (Phi) is 6.47. The van der Waals surface area contributed by atoms with Crippen LogP contribution in [-0.4, -0.2) is 48.3 Å². The molecule has 0 saturated carbocycles. The molecule has 0 aromatic rings. The lowest BCUT2D eigenvalue weighted by atomic mass is 10.2. The van der Waals surface area contributed by atoms with E-state index in [2.05, 4.69) is 5.48 Å². The number of nitrogens with one attached hydrogen (secondary N) is 1. The molecule has 0 fully saturated rings. The van der Waals surface area contributed by atoms with Gasteiger partial charge in [0.2, 0.25) is 0 Å². The number of nitrogens with zero attached hydrogens (tertiary/aromatic N) is 1. The van der Waals surface area contributed by atoms with Crippen LogP contribution in [0.1, 0.15) is 27.2 Å². The van der Waals surface area contributed by atoms with Crippen LogP contribution in [0.2, 0.25) is 0 Å². The number of carboxylic acid groups (broad SMARTS) is 1. The summed E-state index contributed by atoms with van der Waals surface area (Å²) < 4.78 is 0. The molecule has 0 aromatic heterocycles. The number of hydroxylamine groups is 1. The standard InChI is InChI=1S/C10H22N2O3/c1-10(2,3)15-11-6-5-7-12(4)8-9(13)14/h11H,5-8H2,1-4H3,(H,13,14). The molecule has 0 amide bonds. The fourth-order valence-corrected chi connectivity index (χ4v) is 0.999. The lowest BCUT2D eigenvalue weighted by Crippen LogP contribution is -2.32. The first-order valence-corrected chi connectivity index (χ1v) is 5.12. The Morgan fingerprint density at radius 2 is 2.07 bits per heavy atom. The Balaban J connectivity index is 3.35. The lowest BCUT2D eigenvalue weighted by molar-refractivity contribution is -0.138. The zero-order chi connectivity index (χ0) is 11.9. The Morgan fingerprint density at radius 3 is 2.53 bits per heavy atom. The molecule has 0 aliphatic rings. The monoisotopic (exact) mass is 218 g/mol. The van der Waals surface area contributed by atoms with Crippen LogP contribution in [0.3, 0.4) is 0 Å². The molecule has 0 saturated heterocycles. The first kappa shape index (κ1) is 14.3. The second kappa shape index (κ2) is 6.76. The molecule has 2 N–H and O–H groups in total. The van der Waals surface area contributed by atoms with E-state index in [1.165, 1.54) is 0 Å². The zero-order valence-corrected chi connectivity index (χ0v) is 10.0. The van der Waals surface area contributed by atoms with Gasteiger partial charge in [-0.2, -0.15) is 0 Å². The van der Waals surface area contributed by atoms with Gasteiger partial charge < -0.3 is 5.11 Å². The Labute approximate surface area is 91.4 Å². The smallest absolute Gasteiger partial charge is 0.317 e. The minimum absolute atomic E-state index is 0.0835. The number of aliphatic carboxylic acids is 1. The van der Waals surface area contributed by atoms with E-state index >= 15 is 0 Å². The van der Waals surface area contributed by atoms with Crippen molar-refractivity contribution in [3.63, 3.8) is 0 Å². The summed E-state index contributed by atoms with van der Waals surface area (Å²) in [5, 5.41) is 8.51. The average Bonchev–Trinajstić information content (AvgIpc) is 1.99. The van der Waals surface area contributed by atoms with Crippen LogP contribution < -0.4 is 5.48 Å². The molecule has 0 heterocycles. The Bertz CT molecular complexity index is 190. The highest BCUT2D eigenvalue weighted by molar-refractivity contribution is 5.68. The van der Waals surface area contributed by atoms with Crippen molar-refractivity contribution in [2.45, 2.75) is 32.8 Å². The van der Waals surface area contributed by atoms with Crippen molar-refractivity contribution >= 4 is 5.97 Å². The lowest BCUT2D eigenvalue weighted by Gasteiger charge is -2.20. The molecule has 0 aliphatic carbocycles. The fraction of sp³-hybridized carbons (Fsp3) is 0.900. The summed E-state index contributed by atoms with van der Waals surface area (Å²) in [6.45, 7) is 7.46. The molecule has 5 heteroatoms. The van der Waals surface area contributed by atoms with Gasteiger partial charge >= 0.3 is 5.97 Å². The molecular formula is C10H22N2O3. The van der Waals surface area contributed by atoms with Gasteiger partial charge in [-0.25, -0.2) is 5.48 Å². The third-order valence-corrected chi connectivity index (χ3v) is 1.60. The van der Waals surface area contributed by atoms with Crippen LogP contribution in [0, 0.1) is 0 Å². The molecule has 0 spiro atoms. The van der Waals surface area contributed by atoms with E-state index in [4.69, 9.17) is 9.94 Å². The first-order chi connectivity index (χ1) is 6.81. The second-order valence-corrected chi connectivity index (χ2v) is 4.59. The predicted molar refractivity (Wildman–Crippen MR) is 58.6 cm³/mol. The molecule has 0 rings (SSSR count). The van der Waals surface area contributed by atoms with E-state index in [1.807, 2.05) is 20.8 Å². The molecule has 15 heavy (non-hydrogen) atoms. The maximum absolute atomic E-state index is 10.3. The van der Waals surface area contributed by atoms with Crippen LogP contribution in [-0.2, 0) is 9.63 Å². The predicted octanol–water partition coefficient (Wildman–Crippen LogP) is 0.713. The highest BCUT2D eigenvalue weighted by Gasteiger charge is 2.09. The van der Waals surface area contributed by atoms with Crippen LogP contribution in [0.5, 0.6) is 0 Å². The van der Waals surface area contributed by atoms with Crippen LogP contribution in [0.15, 0.2) is 0 Å². The van der Waals surface area contributed by atoms with Crippen molar-refractivity contribution in [3.8, 4) is 0 Å².